The lowest BCUT2D eigenvalue weighted by Gasteiger charge is -2.34. The Morgan fingerprint density at radius 3 is 2.36 bits per heavy atom. The van der Waals surface area contributed by atoms with Crippen LogP contribution in [0.3, 0.4) is 0 Å². The van der Waals surface area contributed by atoms with Gasteiger partial charge < -0.3 is 14.5 Å². The van der Waals surface area contributed by atoms with Gasteiger partial charge in [-0.25, -0.2) is 8.42 Å². The number of benzene rings is 1. The maximum atomic E-state index is 12.8. The molecule has 1 aromatic heterocycles. The number of piperazine rings is 1. The Labute approximate surface area is 145 Å². The number of aryl methyl sites for hydroxylation is 2. The van der Waals surface area contributed by atoms with Gasteiger partial charge >= 0.3 is 0 Å². The van der Waals surface area contributed by atoms with Crippen LogP contribution in [0.2, 0.25) is 0 Å². The number of carbonyl (C=O) groups excluding carboxylic acids is 1. The van der Waals surface area contributed by atoms with E-state index in [-0.39, 0.29) is 54.1 Å². The maximum Gasteiger partial charge on any atom is 0.257 e. The van der Waals surface area contributed by atoms with Gasteiger partial charge in [0.15, 0.2) is 5.76 Å². The van der Waals surface area contributed by atoms with Gasteiger partial charge in [0, 0.05) is 26.2 Å². The number of phenolic OH excluding ortho intramolecular Hbond substituents is 1. The van der Waals surface area contributed by atoms with E-state index in [1.807, 2.05) is 0 Å². The van der Waals surface area contributed by atoms with Crippen molar-refractivity contribution in [3.05, 3.63) is 41.3 Å². The summed E-state index contributed by atoms with van der Waals surface area (Å²) in [6, 6.07) is 6.31. The summed E-state index contributed by atoms with van der Waals surface area (Å²) < 4.78 is 31.8. The number of aromatic nitrogens is 1. The molecule has 3 rings (SSSR count). The number of sulfonamides is 1. The number of nitrogens with zero attached hydrogens (tertiary/aromatic N) is 3. The predicted octanol–water partition coefficient (Wildman–Crippen LogP) is 1.14. The number of aromatic hydroxyl groups is 1. The third kappa shape index (κ3) is 3.12. The van der Waals surface area contributed by atoms with Gasteiger partial charge in [-0.15, -0.1) is 0 Å². The van der Waals surface area contributed by atoms with Gasteiger partial charge in [-0.1, -0.05) is 17.3 Å². The van der Waals surface area contributed by atoms with Crippen molar-refractivity contribution < 1.29 is 22.8 Å². The minimum Gasteiger partial charge on any atom is -0.507 e. The van der Waals surface area contributed by atoms with Gasteiger partial charge in [-0.05, 0) is 26.0 Å². The molecule has 134 valence electrons. The van der Waals surface area contributed by atoms with E-state index in [0.29, 0.717) is 5.69 Å². The van der Waals surface area contributed by atoms with Crippen molar-refractivity contribution in [2.75, 3.05) is 26.2 Å². The number of rotatable bonds is 3. The smallest absolute Gasteiger partial charge is 0.257 e. The fourth-order valence-corrected chi connectivity index (χ4v) is 4.64. The van der Waals surface area contributed by atoms with Crippen LogP contribution in [0, 0.1) is 13.8 Å². The molecule has 0 aliphatic carbocycles. The number of hydrogen-bond donors (Lipinski definition) is 1. The number of hydrogen-bond acceptors (Lipinski definition) is 6. The van der Waals surface area contributed by atoms with E-state index >= 15 is 0 Å². The first-order valence-electron chi connectivity index (χ1n) is 7.82. The molecular weight excluding hydrogens is 346 g/mol. The first-order valence-corrected chi connectivity index (χ1v) is 9.26. The van der Waals surface area contributed by atoms with Crippen LogP contribution in [0.25, 0.3) is 0 Å². The summed E-state index contributed by atoms with van der Waals surface area (Å²) in [5.41, 5.74) is 0.537. The van der Waals surface area contributed by atoms with E-state index in [9.17, 15) is 18.3 Å². The average molecular weight is 365 g/mol. The molecule has 0 atom stereocenters. The lowest BCUT2D eigenvalue weighted by Crippen LogP contribution is -2.50. The van der Waals surface area contributed by atoms with Gasteiger partial charge in [0.25, 0.3) is 5.91 Å². The zero-order valence-corrected chi connectivity index (χ0v) is 14.8. The van der Waals surface area contributed by atoms with Gasteiger partial charge in [0.05, 0.1) is 5.56 Å². The molecule has 1 amide bonds. The van der Waals surface area contributed by atoms with Crippen molar-refractivity contribution in [2.45, 2.75) is 18.7 Å². The molecule has 25 heavy (non-hydrogen) atoms. The number of para-hydroxylation sites is 1. The van der Waals surface area contributed by atoms with E-state index < -0.39 is 10.0 Å². The number of amides is 1. The van der Waals surface area contributed by atoms with Gasteiger partial charge in [0.2, 0.25) is 10.0 Å². The summed E-state index contributed by atoms with van der Waals surface area (Å²) in [6.45, 7) is 3.98. The minimum absolute atomic E-state index is 0.0849. The molecule has 0 saturated carbocycles. The summed E-state index contributed by atoms with van der Waals surface area (Å²) in [4.78, 5) is 14.1. The number of carbonyl (C=O) groups is 1. The molecule has 0 bridgehead atoms. The molecule has 0 unspecified atom stereocenters. The van der Waals surface area contributed by atoms with E-state index in [2.05, 4.69) is 5.16 Å². The van der Waals surface area contributed by atoms with Crippen LogP contribution < -0.4 is 0 Å². The highest BCUT2D eigenvalue weighted by atomic mass is 32.2. The van der Waals surface area contributed by atoms with Crippen LogP contribution >= 0.6 is 0 Å². The fourth-order valence-electron chi connectivity index (χ4n) is 2.93. The molecule has 0 spiro atoms. The molecule has 1 aromatic carbocycles. The van der Waals surface area contributed by atoms with Crippen molar-refractivity contribution in [2.24, 2.45) is 0 Å². The summed E-state index contributed by atoms with van der Waals surface area (Å²) in [7, 11) is -3.71. The summed E-state index contributed by atoms with van der Waals surface area (Å²) in [5, 5.41) is 13.5. The first-order chi connectivity index (χ1) is 11.8. The Morgan fingerprint density at radius 1 is 1.16 bits per heavy atom. The molecule has 8 nitrogen and oxygen atoms in total. The second-order valence-corrected chi connectivity index (χ2v) is 7.74. The summed E-state index contributed by atoms with van der Waals surface area (Å²) in [6.07, 6.45) is 0. The average Bonchev–Trinajstić information content (AvgIpc) is 2.94. The molecule has 1 N–H and O–H groups in total. The largest absolute Gasteiger partial charge is 0.507 e. The Morgan fingerprint density at radius 2 is 1.80 bits per heavy atom. The third-order valence-corrected chi connectivity index (χ3v) is 6.37. The van der Waals surface area contributed by atoms with Crippen LogP contribution in [0.15, 0.2) is 33.7 Å². The minimum atomic E-state index is -3.71. The molecule has 1 saturated heterocycles. The Balaban J connectivity index is 1.74. The highest BCUT2D eigenvalue weighted by Crippen LogP contribution is 2.25. The summed E-state index contributed by atoms with van der Waals surface area (Å²) >= 11 is 0. The molecule has 9 heteroatoms. The number of phenols is 1. The quantitative estimate of drug-likeness (QED) is 0.875. The Bertz CT molecular complexity index is 879. The third-order valence-electron chi connectivity index (χ3n) is 4.23. The van der Waals surface area contributed by atoms with Crippen LogP contribution in [0.4, 0.5) is 0 Å². The van der Waals surface area contributed by atoms with Crippen LogP contribution in [0.5, 0.6) is 5.75 Å². The Hall–Kier alpha value is -2.39. The van der Waals surface area contributed by atoms with E-state index in [1.54, 1.807) is 32.0 Å². The highest BCUT2D eigenvalue weighted by Gasteiger charge is 2.34. The molecule has 2 aromatic rings. The highest BCUT2D eigenvalue weighted by molar-refractivity contribution is 7.89. The van der Waals surface area contributed by atoms with Crippen molar-refractivity contribution in [1.82, 2.24) is 14.4 Å². The van der Waals surface area contributed by atoms with E-state index in [1.165, 1.54) is 15.3 Å². The fraction of sp³-hybridized carbons (Fsp3) is 0.375. The lowest BCUT2D eigenvalue weighted by molar-refractivity contribution is 0.0694. The maximum absolute atomic E-state index is 12.8. The van der Waals surface area contributed by atoms with E-state index in [0.717, 1.165) is 0 Å². The van der Waals surface area contributed by atoms with Crippen molar-refractivity contribution in [3.63, 3.8) is 0 Å². The van der Waals surface area contributed by atoms with Gasteiger partial charge in [-0.3, -0.25) is 4.79 Å². The van der Waals surface area contributed by atoms with Crippen LogP contribution in [-0.2, 0) is 10.0 Å². The first kappa shape index (κ1) is 17.4. The topological polar surface area (TPSA) is 104 Å². The van der Waals surface area contributed by atoms with Crippen molar-refractivity contribution in [3.8, 4) is 5.75 Å². The predicted molar refractivity (Wildman–Crippen MR) is 88.7 cm³/mol. The second kappa shape index (κ2) is 6.49. The zero-order valence-electron chi connectivity index (χ0n) is 14.0. The van der Waals surface area contributed by atoms with Crippen molar-refractivity contribution >= 4 is 15.9 Å². The summed E-state index contributed by atoms with van der Waals surface area (Å²) in [5.74, 6) is -0.143. The molecular formula is C16H19N3O5S. The standard InChI is InChI=1S/C16H19N3O5S/c1-11-15(12(2)24-17-11)25(22,23)19-9-7-18(8-10-19)16(21)13-5-3-4-6-14(13)20/h3-6,20H,7-10H2,1-2H3. The zero-order chi connectivity index (χ0) is 18.2. The van der Waals surface area contributed by atoms with Gasteiger partial charge in [0.1, 0.15) is 16.3 Å². The van der Waals surface area contributed by atoms with Crippen molar-refractivity contribution in [1.29, 1.82) is 0 Å². The molecule has 2 heterocycles. The molecule has 1 aliphatic rings. The monoisotopic (exact) mass is 365 g/mol. The Kier molecular flexibility index (Phi) is 4.53. The van der Waals surface area contributed by atoms with Crippen LogP contribution in [0.1, 0.15) is 21.8 Å². The lowest BCUT2D eigenvalue weighted by atomic mass is 10.1. The van der Waals surface area contributed by atoms with E-state index in [4.69, 9.17) is 4.52 Å². The molecule has 1 fully saturated rings. The second-order valence-electron chi connectivity index (χ2n) is 5.87. The SMILES string of the molecule is Cc1noc(C)c1S(=O)(=O)N1CCN(C(=O)c2ccccc2O)CC1. The van der Waals surface area contributed by atoms with Gasteiger partial charge in [-0.2, -0.15) is 4.31 Å². The molecule has 1 aliphatic heterocycles. The normalized spacial score (nSPS) is 16.2. The van der Waals surface area contributed by atoms with Crippen LogP contribution in [-0.4, -0.2) is 60.0 Å². The molecule has 0 radical (unpaired) electrons.